The smallest absolute Gasteiger partial charge is 0.143 e. The molecule has 0 aliphatic heterocycles. The fourth-order valence-corrected chi connectivity index (χ4v) is 9.75. The Kier molecular flexibility index (Phi) is 6.39. The van der Waals surface area contributed by atoms with Crippen LogP contribution in [0, 0.1) is 0 Å². The van der Waals surface area contributed by atoms with E-state index in [4.69, 9.17) is 4.42 Å². The summed E-state index contributed by atoms with van der Waals surface area (Å²) >= 11 is 0. The number of fused-ring (bicyclic) bond motifs is 10. The zero-order valence-electron chi connectivity index (χ0n) is 30.9. The molecule has 0 unspecified atom stereocenters. The molecule has 0 atom stereocenters. The largest absolute Gasteiger partial charge is 0.455 e. The molecule has 0 saturated heterocycles. The van der Waals surface area contributed by atoms with Crippen molar-refractivity contribution in [2.24, 2.45) is 0 Å². The molecule has 9 aromatic rings. The van der Waals surface area contributed by atoms with Crippen LogP contribution in [0.4, 0.5) is 17.1 Å². The molecule has 54 heavy (non-hydrogen) atoms. The van der Waals surface area contributed by atoms with E-state index in [1.807, 2.05) is 0 Å². The molecule has 8 aromatic carbocycles. The molecule has 0 saturated carbocycles. The summed E-state index contributed by atoms with van der Waals surface area (Å²) in [4.78, 5) is 2.52. The maximum Gasteiger partial charge on any atom is 0.143 e. The Balaban J connectivity index is 1.19. The van der Waals surface area contributed by atoms with E-state index in [-0.39, 0.29) is 10.8 Å². The minimum Gasteiger partial charge on any atom is -0.455 e. The Hall–Kier alpha value is -6.38. The monoisotopic (exact) mass is 693 g/mol. The van der Waals surface area contributed by atoms with Crippen molar-refractivity contribution in [2.45, 2.75) is 38.5 Å². The molecule has 0 spiro atoms. The van der Waals surface area contributed by atoms with Gasteiger partial charge in [-0.05, 0) is 86.1 Å². The van der Waals surface area contributed by atoms with E-state index in [2.05, 4.69) is 196 Å². The SMILES string of the molecule is CC1(C)c2ccccc2-c2ccc(N(c3ccccc3-c3cccc4c3oc3cc5ccccc5cc34)c3cccc4c3-c3ccccc3C4(C)C)cc21. The molecule has 1 aromatic heterocycles. The van der Waals surface area contributed by atoms with Crippen molar-refractivity contribution >= 4 is 49.8 Å². The summed E-state index contributed by atoms with van der Waals surface area (Å²) in [6, 6.07) is 60.3. The first-order valence-corrected chi connectivity index (χ1v) is 19.0. The maximum atomic E-state index is 6.85. The first-order chi connectivity index (χ1) is 26.3. The van der Waals surface area contributed by atoms with Crippen LogP contribution in [0.15, 0.2) is 168 Å². The van der Waals surface area contributed by atoms with Gasteiger partial charge in [-0.2, -0.15) is 0 Å². The van der Waals surface area contributed by atoms with Crippen LogP contribution in [-0.2, 0) is 10.8 Å². The highest BCUT2D eigenvalue weighted by molar-refractivity contribution is 6.14. The zero-order valence-corrected chi connectivity index (χ0v) is 30.9. The lowest BCUT2D eigenvalue weighted by Gasteiger charge is -2.31. The summed E-state index contributed by atoms with van der Waals surface area (Å²) in [7, 11) is 0. The molecule has 2 heteroatoms. The van der Waals surface area contributed by atoms with Gasteiger partial charge in [0.05, 0.1) is 11.4 Å². The summed E-state index contributed by atoms with van der Waals surface area (Å²) in [6.07, 6.45) is 0. The number of anilines is 3. The third-order valence-corrected chi connectivity index (χ3v) is 12.5. The van der Waals surface area contributed by atoms with Crippen LogP contribution in [-0.4, -0.2) is 0 Å². The minimum absolute atomic E-state index is 0.127. The van der Waals surface area contributed by atoms with E-state index in [1.54, 1.807) is 0 Å². The van der Waals surface area contributed by atoms with E-state index in [9.17, 15) is 0 Å². The number of furan rings is 1. The van der Waals surface area contributed by atoms with Crippen LogP contribution in [0.2, 0.25) is 0 Å². The Bertz CT molecular complexity index is 3010. The molecule has 0 amide bonds. The van der Waals surface area contributed by atoms with Gasteiger partial charge in [-0.15, -0.1) is 0 Å². The Labute approximate surface area is 315 Å². The van der Waals surface area contributed by atoms with Gasteiger partial charge in [0.1, 0.15) is 11.2 Å². The van der Waals surface area contributed by atoms with Gasteiger partial charge in [0, 0.05) is 44.0 Å². The number of para-hydroxylation sites is 2. The molecule has 0 fully saturated rings. The van der Waals surface area contributed by atoms with Crippen LogP contribution in [0.1, 0.15) is 49.9 Å². The molecule has 258 valence electrons. The highest BCUT2D eigenvalue weighted by Gasteiger charge is 2.39. The van der Waals surface area contributed by atoms with Crippen LogP contribution in [0.5, 0.6) is 0 Å². The van der Waals surface area contributed by atoms with E-state index < -0.39 is 0 Å². The van der Waals surface area contributed by atoms with Crippen molar-refractivity contribution in [1.82, 2.24) is 0 Å². The topological polar surface area (TPSA) is 16.4 Å². The van der Waals surface area contributed by atoms with Gasteiger partial charge in [0.25, 0.3) is 0 Å². The predicted octanol–water partition coefficient (Wildman–Crippen LogP) is 14.5. The van der Waals surface area contributed by atoms with Crippen LogP contribution in [0.3, 0.4) is 0 Å². The van der Waals surface area contributed by atoms with Crippen LogP contribution in [0.25, 0.3) is 66.1 Å². The molecular formula is C52H39NO. The molecule has 2 aliphatic rings. The average Bonchev–Trinajstić information content (AvgIpc) is 3.77. The van der Waals surface area contributed by atoms with Gasteiger partial charge in [0.2, 0.25) is 0 Å². The summed E-state index contributed by atoms with van der Waals surface area (Å²) in [5.74, 6) is 0. The van der Waals surface area contributed by atoms with Crippen molar-refractivity contribution < 1.29 is 4.42 Å². The highest BCUT2D eigenvalue weighted by Crippen LogP contribution is 2.56. The van der Waals surface area contributed by atoms with E-state index in [0.29, 0.717) is 0 Å². The maximum absolute atomic E-state index is 6.85. The second kappa shape index (κ2) is 11.1. The van der Waals surface area contributed by atoms with Crippen molar-refractivity contribution in [3.05, 3.63) is 186 Å². The molecule has 0 radical (unpaired) electrons. The summed E-state index contributed by atoms with van der Waals surface area (Å²) in [5, 5.41) is 4.66. The molecule has 0 N–H and O–H groups in total. The van der Waals surface area contributed by atoms with Gasteiger partial charge >= 0.3 is 0 Å². The minimum atomic E-state index is -0.135. The van der Waals surface area contributed by atoms with Crippen LogP contribution < -0.4 is 4.90 Å². The molecule has 11 rings (SSSR count). The average molecular weight is 694 g/mol. The third-order valence-electron chi connectivity index (χ3n) is 12.5. The number of nitrogens with zero attached hydrogens (tertiary/aromatic N) is 1. The Morgan fingerprint density at radius 3 is 1.80 bits per heavy atom. The van der Waals surface area contributed by atoms with Crippen molar-refractivity contribution in [2.75, 3.05) is 4.90 Å². The molecule has 2 nitrogen and oxygen atoms in total. The summed E-state index contributed by atoms with van der Waals surface area (Å²) in [5.41, 5.74) is 17.9. The van der Waals surface area contributed by atoms with Gasteiger partial charge in [0.15, 0.2) is 0 Å². The lowest BCUT2D eigenvalue weighted by Crippen LogP contribution is -2.18. The van der Waals surface area contributed by atoms with Gasteiger partial charge in [-0.3, -0.25) is 0 Å². The predicted molar refractivity (Wildman–Crippen MR) is 226 cm³/mol. The van der Waals surface area contributed by atoms with Crippen molar-refractivity contribution in [3.8, 4) is 33.4 Å². The standard InChI is InChI=1S/C52H39NO/c1-51(2)43-23-11-8-19-40(43)49-44(51)24-14-26-47(49)53(34-27-28-36-35-17-7-10-22-42(35)52(3,4)45(36)31-34)46-25-12-9-18-37(46)38-20-13-21-39-41-29-32-15-5-6-16-33(32)30-48(41)54-50(38)39/h5-31H,1-4H3. The molecule has 2 aliphatic carbocycles. The second-order valence-electron chi connectivity index (χ2n) is 16.1. The van der Waals surface area contributed by atoms with Gasteiger partial charge < -0.3 is 9.32 Å². The van der Waals surface area contributed by atoms with E-state index in [1.165, 1.54) is 61.0 Å². The summed E-state index contributed by atoms with van der Waals surface area (Å²) < 4.78 is 6.85. The number of hydrogen-bond acceptors (Lipinski definition) is 2. The first kappa shape index (κ1) is 31.2. The lowest BCUT2D eigenvalue weighted by molar-refractivity contribution is 0.660. The first-order valence-electron chi connectivity index (χ1n) is 19.0. The fraction of sp³-hybridized carbons (Fsp3) is 0.115. The quantitative estimate of drug-likeness (QED) is 0.182. The Morgan fingerprint density at radius 2 is 0.981 bits per heavy atom. The lowest BCUT2D eigenvalue weighted by atomic mass is 9.82. The van der Waals surface area contributed by atoms with Gasteiger partial charge in [-0.1, -0.05) is 155 Å². The fourth-order valence-electron chi connectivity index (χ4n) is 9.75. The number of hydrogen-bond donors (Lipinski definition) is 0. The zero-order chi connectivity index (χ0) is 36.3. The van der Waals surface area contributed by atoms with E-state index in [0.717, 1.165) is 44.4 Å². The third kappa shape index (κ3) is 4.23. The number of benzene rings is 8. The second-order valence-corrected chi connectivity index (χ2v) is 16.1. The number of rotatable bonds is 4. The van der Waals surface area contributed by atoms with Crippen LogP contribution >= 0.6 is 0 Å². The van der Waals surface area contributed by atoms with Gasteiger partial charge in [-0.25, -0.2) is 0 Å². The summed E-state index contributed by atoms with van der Waals surface area (Å²) in [6.45, 7) is 9.45. The van der Waals surface area contributed by atoms with E-state index >= 15 is 0 Å². The highest BCUT2D eigenvalue weighted by atomic mass is 16.3. The normalized spacial score (nSPS) is 14.6. The molecular weight excluding hydrogens is 655 g/mol. The van der Waals surface area contributed by atoms with Crippen molar-refractivity contribution in [3.63, 3.8) is 0 Å². The van der Waals surface area contributed by atoms with Crippen molar-refractivity contribution in [1.29, 1.82) is 0 Å². The molecule has 0 bridgehead atoms. The molecule has 1 heterocycles. The Morgan fingerprint density at radius 1 is 0.407 bits per heavy atom.